The van der Waals surface area contributed by atoms with E-state index in [4.69, 9.17) is 4.74 Å². The number of carbonyl (C=O) groups is 2. The fraction of sp³-hybridized carbons (Fsp3) is 0.310. The van der Waals surface area contributed by atoms with Crippen molar-refractivity contribution in [2.24, 2.45) is 0 Å². The van der Waals surface area contributed by atoms with Gasteiger partial charge in [-0.3, -0.25) is 13.9 Å². The summed E-state index contributed by atoms with van der Waals surface area (Å²) in [6.45, 7) is 10.2. The second-order valence-electron chi connectivity index (χ2n) is 10.0. The molecule has 0 aromatic heterocycles. The van der Waals surface area contributed by atoms with Crippen molar-refractivity contribution in [2.45, 2.75) is 46.1 Å². The van der Waals surface area contributed by atoms with E-state index in [2.05, 4.69) is 31.4 Å². The number of amides is 2. The molecule has 0 spiro atoms. The monoisotopic (exact) mass is 537 g/mol. The molecule has 0 saturated heterocycles. The molecular weight excluding hydrogens is 502 g/mol. The van der Waals surface area contributed by atoms with Gasteiger partial charge in [0.1, 0.15) is 11.8 Å². The van der Waals surface area contributed by atoms with E-state index < -0.39 is 22.0 Å². The molecule has 0 aliphatic rings. The highest BCUT2D eigenvalue weighted by Crippen LogP contribution is 2.26. The number of nitrogens with one attached hydrogen (secondary N) is 2. The second kappa shape index (κ2) is 11.7. The van der Waals surface area contributed by atoms with E-state index in [1.807, 2.05) is 19.1 Å². The normalized spacial score (nSPS) is 12.4. The van der Waals surface area contributed by atoms with E-state index in [1.165, 1.54) is 6.92 Å². The molecule has 3 aromatic rings. The highest BCUT2D eigenvalue weighted by atomic mass is 32.2. The van der Waals surface area contributed by atoms with Crippen molar-refractivity contribution in [3.05, 3.63) is 83.9 Å². The fourth-order valence-corrected chi connectivity index (χ4v) is 5.09. The highest BCUT2D eigenvalue weighted by Gasteiger charge is 2.29. The van der Waals surface area contributed by atoms with Crippen molar-refractivity contribution in [1.82, 2.24) is 0 Å². The SMILES string of the molecule is CCOc1ccc(N([C@@H](C)C(=O)Nc2cccc(NC(=O)c3ccc(C(C)(C)C)cc3)c2)S(C)(=O)=O)cc1. The Morgan fingerprint density at radius 2 is 1.50 bits per heavy atom. The molecule has 2 N–H and O–H groups in total. The van der Waals surface area contributed by atoms with Crippen molar-refractivity contribution in [1.29, 1.82) is 0 Å². The predicted molar refractivity (Wildman–Crippen MR) is 153 cm³/mol. The summed E-state index contributed by atoms with van der Waals surface area (Å²) in [6.07, 6.45) is 1.05. The Morgan fingerprint density at radius 3 is 2.03 bits per heavy atom. The number of hydrogen-bond acceptors (Lipinski definition) is 5. The van der Waals surface area contributed by atoms with Gasteiger partial charge in [-0.05, 0) is 79.4 Å². The van der Waals surface area contributed by atoms with Crippen LogP contribution in [0.25, 0.3) is 0 Å². The van der Waals surface area contributed by atoms with Crippen LogP contribution in [0.3, 0.4) is 0 Å². The molecule has 0 heterocycles. The molecule has 202 valence electrons. The zero-order valence-electron chi connectivity index (χ0n) is 22.6. The number of benzene rings is 3. The molecule has 1 atom stereocenters. The minimum atomic E-state index is -3.77. The zero-order valence-corrected chi connectivity index (χ0v) is 23.4. The average Bonchev–Trinajstić information content (AvgIpc) is 2.84. The number of anilines is 3. The van der Waals surface area contributed by atoms with Gasteiger partial charge in [0.15, 0.2) is 0 Å². The molecular formula is C29H35N3O5S. The molecule has 3 rings (SSSR count). The van der Waals surface area contributed by atoms with Crippen LogP contribution < -0.4 is 19.7 Å². The molecule has 0 aliphatic heterocycles. The highest BCUT2D eigenvalue weighted by molar-refractivity contribution is 7.92. The van der Waals surface area contributed by atoms with Crippen molar-refractivity contribution in [2.75, 3.05) is 27.8 Å². The molecule has 0 aliphatic carbocycles. The van der Waals surface area contributed by atoms with Gasteiger partial charge in [-0.15, -0.1) is 0 Å². The number of ether oxygens (including phenoxy) is 1. The Kier molecular flexibility index (Phi) is 8.83. The van der Waals surface area contributed by atoms with Crippen LogP contribution in [0.2, 0.25) is 0 Å². The van der Waals surface area contributed by atoms with Crippen LogP contribution in [-0.4, -0.2) is 39.1 Å². The topological polar surface area (TPSA) is 105 Å². The standard InChI is InChI=1S/C29H35N3O5S/c1-7-37-26-17-15-25(16-18-26)32(38(6,35)36)20(2)27(33)30-23-9-8-10-24(19-23)31-28(34)21-11-13-22(14-12-21)29(3,4)5/h8-20H,7H2,1-6H3,(H,30,33)(H,31,34)/t20-/m0/s1. The lowest BCUT2D eigenvalue weighted by Crippen LogP contribution is -2.45. The van der Waals surface area contributed by atoms with Crippen LogP contribution in [0, 0.1) is 0 Å². The number of nitrogens with zero attached hydrogens (tertiary/aromatic N) is 1. The first-order valence-electron chi connectivity index (χ1n) is 12.3. The maximum Gasteiger partial charge on any atom is 0.255 e. The van der Waals surface area contributed by atoms with E-state index >= 15 is 0 Å². The van der Waals surface area contributed by atoms with Gasteiger partial charge >= 0.3 is 0 Å². The third kappa shape index (κ3) is 7.35. The summed E-state index contributed by atoms with van der Waals surface area (Å²) in [5, 5.41) is 5.59. The first-order chi connectivity index (χ1) is 17.8. The van der Waals surface area contributed by atoms with E-state index in [0.29, 0.717) is 35.0 Å². The Balaban J connectivity index is 1.73. The van der Waals surface area contributed by atoms with Crippen molar-refractivity contribution in [3.63, 3.8) is 0 Å². The lowest BCUT2D eigenvalue weighted by atomic mass is 9.87. The molecule has 2 amide bonds. The number of carbonyl (C=O) groups excluding carboxylic acids is 2. The Morgan fingerprint density at radius 1 is 0.921 bits per heavy atom. The number of rotatable bonds is 9. The summed E-state index contributed by atoms with van der Waals surface area (Å²) in [5.41, 5.74) is 2.88. The van der Waals surface area contributed by atoms with Crippen molar-refractivity contribution < 1.29 is 22.7 Å². The smallest absolute Gasteiger partial charge is 0.255 e. The van der Waals surface area contributed by atoms with E-state index in [1.54, 1.807) is 60.7 Å². The maximum atomic E-state index is 13.1. The van der Waals surface area contributed by atoms with Crippen molar-refractivity contribution in [3.8, 4) is 5.75 Å². The number of sulfonamides is 1. The van der Waals surface area contributed by atoms with Crippen LogP contribution in [0.4, 0.5) is 17.1 Å². The molecule has 3 aromatic carbocycles. The van der Waals surface area contributed by atoms with Gasteiger partial charge in [-0.25, -0.2) is 8.42 Å². The van der Waals surface area contributed by atoms with Crippen LogP contribution >= 0.6 is 0 Å². The van der Waals surface area contributed by atoms with Gasteiger partial charge in [0.2, 0.25) is 15.9 Å². The van der Waals surface area contributed by atoms with Crippen LogP contribution in [0.5, 0.6) is 5.75 Å². The van der Waals surface area contributed by atoms with E-state index in [9.17, 15) is 18.0 Å². The summed E-state index contributed by atoms with van der Waals surface area (Å²) in [7, 11) is -3.77. The van der Waals surface area contributed by atoms with Gasteiger partial charge in [-0.2, -0.15) is 0 Å². The molecule has 0 saturated carbocycles. The molecule has 0 unspecified atom stereocenters. The van der Waals surface area contributed by atoms with Gasteiger partial charge in [0.25, 0.3) is 5.91 Å². The lowest BCUT2D eigenvalue weighted by molar-refractivity contribution is -0.116. The Labute approximate surface area is 225 Å². The maximum absolute atomic E-state index is 13.1. The predicted octanol–water partition coefficient (Wildman–Crippen LogP) is 5.43. The molecule has 0 bridgehead atoms. The van der Waals surface area contributed by atoms with Gasteiger partial charge in [0, 0.05) is 16.9 Å². The largest absolute Gasteiger partial charge is 0.494 e. The molecule has 38 heavy (non-hydrogen) atoms. The number of hydrogen-bond donors (Lipinski definition) is 2. The summed E-state index contributed by atoms with van der Waals surface area (Å²) in [5.74, 6) is -0.197. The van der Waals surface area contributed by atoms with Gasteiger partial charge in [-0.1, -0.05) is 39.0 Å². The molecule has 9 heteroatoms. The lowest BCUT2D eigenvalue weighted by Gasteiger charge is -2.28. The minimum Gasteiger partial charge on any atom is -0.494 e. The Bertz CT molecular complexity index is 1380. The summed E-state index contributed by atoms with van der Waals surface area (Å²) >= 11 is 0. The van der Waals surface area contributed by atoms with Crippen LogP contribution in [0.1, 0.15) is 50.5 Å². The van der Waals surface area contributed by atoms with E-state index in [-0.39, 0.29) is 11.3 Å². The fourth-order valence-electron chi connectivity index (χ4n) is 3.91. The van der Waals surface area contributed by atoms with E-state index in [0.717, 1.165) is 16.1 Å². The molecule has 0 fully saturated rings. The second-order valence-corrected chi connectivity index (χ2v) is 11.9. The quantitative estimate of drug-likeness (QED) is 0.379. The third-order valence-corrected chi connectivity index (χ3v) is 7.13. The summed E-state index contributed by atoms with van der Waals surface area (Å²) in [6, 6.07) is 19.6. The third-order valence-electron chi connectivity index (χ3n) is 5.89. The van der Waals surface area contributed by atoms with Gasteiger partial charge < -0.3 is 15.4 Å². The molecule has 8 nitrogen and oxygen atoms in total. The first-order valence-corrected chi connectivity index (χ1v) is 14.2. The van der Waals surface area contributed by atoms with Crippen LogP contribution in [0.15, 0.2) is 72.8 Å². The zero-order chi connectivity index (χ0) is 28.1. The van der Waals surface area contributed by atoms with Crippen LogP contribution in [-0.2, 0) is 20.2 Å². The Hall–Kier alpha value is -3.85. The molecule has 0 radical (unpaired) electrons. The summed E-state index contributed by atoms with van der Waals surface area (Å²) < 4.78 is 31.7. The summed E-state index contributed by atoms with van der Waals surface area (Å²) in [4.78, 5) is 25.8. The van der Waals surface area contributed by atoms with Gasteiger partial charge in [0.05, 0.1) is 18.6 Å². The average molecular weight is 538 g/mol. The first kappa shape index (κ1) is 28.7. The minimum absolute atomic E-state index is 0.0156. The van der Waals surface area contributed by atoms with Crippen molar-refractivity contribution >= 4 is 38.9 Å².